The third kappa shape index (κ3) is 5.46. The molecule has 1 atom stereocenters. The van der Waals surface area contributed by atoms with E-state index < -0.39 is 12.1 Å². The number of rotatable bonds is 11. The first-order chi connectivity index (χ1) is 21.0. The van der Waals surface area contributed by atoms with Crippen LogP contribution in [-0.4, -0.2) is 32.0 Å². The largest absolute Gasteiger partial charge is 0.478 e. The number of aliphatic carboxylic acids is 1. The van der Waals surface area contributed by atoms with Crippen molar-refractivity contribution in [1.29, 1.82) is 0 Å². The predicted octanol–water partition coefficient (Wildman–Crippen LogP) is 6.07. The molecule has 0 fully saturated rings. The average Bonchev–Trinajstić information content (AvgIpc) is 3.59. The number of ether oxygens (including phenoxy) is 3. The van der Waals surface area contributed by atoms with Gasteiger partial charge in [0.1, 0.15) is 5.75 Å². The minimum Gasteiger partial charge on any atom is -0.478 e. The van der Waals surface area contributed by atoms with Crippen molar-refractivity contribution in [3.05, 3.63) is 112 Å². The van der Waals surface area contributed by atoms with E-state index in [0.717, 1.165) is 40.6 Å². The second kappa shape index (κ2) is 12.1. The van der Waals surface area contributed by atoms with Crippen molar-refractivity contribution in [1.82, 2.24) is 14.1 Å². The Morgan fingerprint density at radius 1 is 0.953 bits per heavy atom. The molecule has 1 aliphatic rings. The highest BCUT2D eigenvalue weighted by atomic mass is 16.7. The van der Waals surface area contributed by atoms with Gasteiger partial charge in [0, 0.05) is 11.8 Å². The summed E-state index contributed by atoms with van der Waals surface area (Å²) in [5, 5.41) is 10.2. The second-order valence-corrected chi connectivity index (χ2v) is 10.6. The Hall–Kier alpha value is -5.05. The zero-order valence-corrected chi connectivity index (χ0v) is 24.2. The highest BCUT2D eigenvalue weighted by Gasteiger charge is 2.27. The molecule has 0 radical (unpaired) electrons. The fourth-order valence-corrected chi connectivity index (χ4v) is 5.71. The standard InChI is InChI=1S/C34H33N3O6/c1-3-8-23-16-22(20-36-27-11-5-6-12-28(27)37(34(36)40)26-10-7-15-35-19-26)17-24(9-4-2)31(23)43-32(33(38)39)25-13-14-29-30(18-25)42-21-41-29/h5-7,10-19,32H,3-4,8-9,20-21H2,1-2H3,(H,38,39). The fourth-order valence-electron chi connectivity index (χ4n) is 5.71. The van der Waals surface area contributed by atoms with Crippen molar-refractivity contribution in [2.75, 3.05) is 6.79 Å². The lowest BCUT2D eigenvalue weighted by atomic mass is 9.97. The molecule has 2 aromatic heterocycles. The van der Waals surface area contributed by atoms with E-state index in [1.807, 2.05) is 48.5 Å². The minimum atomic E-state index is -1.23. The van der Waals surface area contributed by atoms with Gasteiger partial charge in [-0.15, -0.1) is 0 Å². The molecular formula is C34H33N3O6. The van der Waals surface area contributed by atoms with E-state index in [-0.39, 0.29) is 12.5 Å². The molecule has 9 heteroatoms. The summed E-state index contributed by atoms with van der Waals surface area (Å²) in [5.74, 6) is 0.571. The summed E-state index contributed by atoms with van der Waals surface area (Å²) in [5.41, 5.74) is 5.42. The quantitative estimate of drug-likeness (QED) is 0.202. The number of carboxylic acid groups (broad SMARTS) is 1. The van der Waals surface area contributed by atoms with Crippen LogP contribution in [0.15, 0.2) is 83.9 Å². The monoisotopic (exact) mass is 579 g/mol. The van der Waals surface area contributed by atoms with Crippen molar-refractivity contribution in [3.63, 3.8) is 0 Å². The molecule has 0 amide bonds. The highest BCUT2D eigenvalue weighted by molar-refractivity contribution is 5.78. The van der Waals surface area contributed by atoms with Gasteiger partial charge in [-0.3, -0.25) is 14.1 Å². The zero-order valence-electron chi connectivity index (χ0n) is 24.2. The summed E-state index contributed by atoms with van der Waals surface area (Å²) in [7, 11) is 0. The van der Waals surface area contributed by atoms with Crippen molar-refractivity contribution >= 4 is 17.0 Å². The molecule has 3 heterocycles. The van der Waals surface area contributed by atoms with Crippen LogP contribution in [0.4, 0.5) is 0 Å². The molecule has 5 aromatic rings. The number of imidazole rings is 1. The number of hydrogen-bond donors (Lipinski definition) is 1. The van der Waals surface area contributed by atoms with Crippen LogP contribution in [0, 0.1) is 0 Å². The molecule has 9 nitrogen and oxygen atoms in total. The molecule has 1 unspecified atom stereocenters. The lowest BCUT2D eigenvalue weighted by Crippen LogP contribution is -2.24. The van der Waals surface area contributed by atoms with Gasteiger partial charge in [-0.05, 0) is 65.9 Å². The zero-order chi connectivity index (χ0) is 29.9. The molecule has 0 saturated heterocycles. The van der Waals surface area contributed by atoms with Crippen molar-refractivity contribution in [3.8, 4) is 22.9 Å². The molecule has 43 heavy (non-hydrogen) atoms. The van der Waals surface area contributed by atoms with E-state index >= 15 is 0 Å². The fraction of sp³-hybridized carbons (Fsp3) is 0.265. The van der Waals surface area contributed by atoms with E-state index in [4.69, 9.17) is 14.2 Å². The number of benzene rings is 3. The van der Waals surface area contributed by atoms with Gasteiger partial charge in [-0.2, -0.15) is 0 Å². The Labute approximate surface area is 248 Å². The van der Waals surface area contributed by atoms with Gasteiger partial charge in [0.25, 0.3) is 0 Å². The van der Waals surface area contributed by atoms with Gasteiger partial charge in [0.2, 0.25) is 12.9 Å². The van der Waals surface area contributed by atoms with E-state index in [1.54, 1.807) is 39.7 Å². The maximum absolute atomic E-state index is 13.8. The van der Waals surface area contributed by atoms with Gasteiger partial charge in [0.05, 0.1) is 29.5 Å². The lowest BCUT2D eigenvalue weighted by molar-refractivity contribution is -0.145. The summed E-state index contributed by atoms with van der Waals surface area (Å²) in [6, 6.07) is 20.6. The minimum absolute atomic E-state index is 0.101. The number of aromatic nitrogens is 3. The maximum Gasteiger partial charge on any atom is 0.349 e. The van der Waals surface area contributed by atoms with E-state index in [9.17, 15) is 14.7 Å². The van der Waals surface area contributed by atoms with Crippen molar-refractivity contribution < 1.29 is 24.1 Å². The SMILES string of the molecule is CCCc1cc(Cn2c(=O)n(-c3cccnc3)c3ccccc32)cc(CCC)c1OC(C(=O)O)c1ccc2c(c1)OCO2. The number of para-hydroxylation sites is 2. The van der Waals surface area contributed by atoms with Gasteiger partial charge in [-0.1, -0.05) is 57.0 Å². The first-order valence-electron chi connectivity index (χ1n) is 14.5. The smallest absolute Gasteiger partial charge is 0.349 e. The Balaban J connectivity index is 1.42. The van der Waals surface area contributed by atoms with Crippen LogP contribution in [0.25, 0.3) is 16.7 Å². The normalized spacial score (nSPS) is 12.9. The van der Waals surface area contributed by atoms with Gasteiger partial charge < -0.3 is 19.3 Å². The number of hydrogen-bond acceptors (Lipinski definition) is 6. The molecular weight excluding hydrogens is 546 g/mol. The molecule has 220 valence electrons. The Morgan fingerprint density at radius 3 is 2.35 bits per heavy atom. The number of carbonyl (C=O) groups is 1. The number of aryl methyl sites for hydroxylation is 2. The van der Waals surface area contributed by atoms with Gasteiger partial charge >= 0.3 is 11.7 Å². The number of fused-ring (bicyclic) bond motifs is 2. The molecule has 1 aliphatic heterocycles. The van der Waals surface area contributed by atoms with E-state index in [1.165, 1.54) is 0 Å². The molecule has 3 aromatic carbocycles. The van der Waals surface area contributed by atoms with E-state index in [2.05, 4.69) is 18.8 Å². The Bertz CT molecular complexity index is 1820. The molecule has 0 spiro atoms. The summed E-state index contributed by atoms with van der Waals surface area (Å²) in [6.45, 7) is 4.61. The van der Waals surface area contributed by atoms with Crippen LogP contribution in [0.1, 0.15) is 55.0 Å². The van der Waals surface area contributed by atoms with Crippen LogP contribution in [-0.2, 0) is 24.2 Å². The lowest BCUT2D eigenvalue weighted by Gasteiger charge is -2.22. The molecule has 1 N–H and O–H groups in total. The predicted molar refractivity (Wildman–Crippen MR) is 162 cm³/mol. The third-order valence-electron chi connectivity index (χ3n) is 7.58. The highest BCUT2D eigenvalue weighted by Crippen LogP contribution is 2.38. The van der Waals surface area contributed by atoms with E-state index in [0.29, 0.717) is 47.9 Å². The van der Waals surface area contributed by atoms with Crippen molar-refractivity contribution in [2.24, 2.45) is 0 Å². The maximum atomic E-state index is 13.8. The number of pyridine rings is 1. The number of carboxylic acids is 1. The third-order valence-corrected chi connectivity index (χ3v) is 7.58. The van der Waals surface area contributed by atoms with Crippen LogP contribution in [0.5, 0.6) is 17.2 Å². The molecule has 0 aliphatic carbocycles. The molecule has 6 rings (SSSR count). The first-order valence-corrected chi connectivity index (χ1v) is 14.5. The summed E-state index contributed by atoms with van der Waals surface area (Å²) < 4.78 is 20.7. The Morgan fingerprint density at radius 2 is 1.67 bits per heavy atom. The number of nitrogens with zero attached hydrogens (tertiary/aromatic N) is 3. The van der Waals surface area contributed by atoms with Gasteiger partial charge in [-0.25, -0.2) is 9.59 Å². The van der Waals surface area contributed by atoms with Crippen LogP contribution < -0.4 is 19.9 Å². The Kier molecular flexibility index (Phi) is 7.87. The average molecular weight is 580 g/mol. The van der Waals surface area contributed by atoms with Gasteiger partial charge in [0.15, 0.2) is 11.5 Å². The second-order valence-electron chi connectivity index (χ2n) is 10.6. The summed E-state index contributed by atoms with van der Waals surface area (Å²) in [4.78, 5) is 30.5. The van der Waals surface area contributed by atoms with Crippen LogP contribution in [0.2, 0.25) is 0 Å². The first kappa shape index (κ1) is 28.1. The van der Waals surface area contributed by atoms with Crippen LogP contribution in [0.3, 0.4) is 0 Å². The molecule has 0 saturated carbocycles. The molecule has 0 bridgehead atoms. The topological polar surface area (TPSA) is 105 Å². The summed E-state index contributed by atoms with van der Waals surface area (Å²) >= 11 is 0. The van der Waals surface area contributed by atoms with Crippen molar-refractivity contribution in [2.45, 2.75) is 52.2 Å². The van der Waals surface area contributed by atoms with Crippen LogP contribution >= 0.6 is 0 Å². The summed E-state index contributed by atoms with van der Waals surface area (Å²) in [6.07, 6.45) is 5.21.